The van der Waals surface area contributed by atoms with Crippen LogP contribution in [0.2, 0.25) is 0 Å². The Morgan fingerprint density at radius 3 is 1.33 bits per heavy atom. The van der Waals surface area contributed by atoms with Gasteiger partial charge in [-0.05, 0) is 12.8 Å². The van der Waals surface area contributed by atoms with Crippen molar-refractivity contribution >= 4 is 19.8 Å². The van der Waals surface area contributed by atoms with Gasteiger partial charge in [-0.3, -0.25) is 14.2 Å². The minimum absolute atomic E-state index is 0.0190. The van der Waals surface area contributed by atoms with E-state index < -0.39 is 26.5 Å². The molecule has 0 aliphatic heterocycles. The van der Waals surface area contributed by atoms with Crippen LogP contribution in [0.15, 0.2) is 0 Å². The van der Waals surface area contributed by atoms with Crippen molar-refractivity contribution in [3.05, 3.63) is 0 Å². The van der Waals surface area contributed by atoms with E-state index in [9.17, 15) is 19.0 Å². The third kappa shape index (κ3) is 34.9. The highest BCUT2D eigenvalue weighted by Crippen LogP contribution is 2.38. The second kappa shape index (κ2) is 35.8. The lowest BCUT2D eigenvalue weighted by atomic mass is 10.0. The molecule has 0 rings (SSSR count). The topological polar surface area (TPSA) is 128 Å². The SMILES string of the molecule is CCCCCCCCCCCCCCCC(=O)OCC(COP(=O)([O-])OCC[NH2+]C)OC(=O)CCCCCCCCCCCCCCC. The molecule has 0 heterocycles. The van der Waals surface area contributed by atoms with E-state index >= 15 is 0 Å². The summed E-state index contributed by atoms with van der Waals surface area (Å²) in [5.74, 6) is -0.822. The number of hydrogen-bond donors (Lipinski definition) is 1. The fourth-order valence-corrected chi connectivity index (χ4v) is 6.44. The molecule has 2 unspecified atom stereocenters. The van der Waals surface area contributed by atoms with Gasteiger partial charge in [0.1, 0.15) is 13.2 Å². The van der Waals surface area contributed by atoms with Crippen molar-refractivity contribution in [2.75, 3.05) is 33.4 Å². The van der Waals surface area contributed by atoms with Gasteiger partial charge in [-0.25, -0.2) is 0 Å². The van der Waals surface area contributed by atoms with Gasteiger partial charge in [0.15, 0.2) is 6.10 Å². The molecule has 0 aromatic heterocycles. The quantitative estimate of drug-likeness (QED) is 0.0383. The maximum Gasteiger partial charge on any atom is 0.306 e. The minimum Gasteiger partial charge on any atom is -0.756 e. The number of unbranched alkanes of at least 4 members (excludes halogenated alkanes) is 24. The number of phosphoric ester groups is 1. The van der Waals surface area contributed by atoms with E-state index in [0.717, 1.165) is 32.1 Å². The predicted molar refractivity (Wildman–Crippen MR) is 194 cm³/mol. The first-order valence-electron chi connectivity index (χ1n) is 20.1. The van der Waals surface area contributed by atoms with E-state index in [1.165, 1.54) is 128 Å². The average Bonchev–Trinajstić information content (AvgIpc) is 3.06. The molecule has 286 valence electrons. The van der Waals surface area contributed by atoms with Crippen molar-refractivity contribution < 1.29 is 42.9 Å². The molecule has 2 atom stereocenters. The van der Waals surface area contributed by atoms with Crippen LogP contribution < -0.4 is 10.2 Å². The molecule has 0 fully saturated rings. The Morgan fingerprint density at radius 2 is 0.938 bits per heavy atom. The lowest BCUT2D eigenvalue weighted by Gasteiger charge is -2.25. The molecule has 48 heavy (non-hydrogen) atoms. The van der Waals surface area contributed by atoms with Gasteiger partial charge in [-0.2, -0.15) is 0 Å². The number of rotatable bonds is 38. The van der Waals surface area contributed by atoms with Crippen LogP contribution in [0.1, 0.15) is 194 Å². The van der Waals surface area contributed by atoms with Crippen molar-refractivity contribution in [2.45, 2.75) is 200 Å². The van der Waals surface area contributed by atoms with Crippen molar-refractivity contribution in [3.8, 4) is 0 Å². The van der Waals surface area contributed by atoms with Gasteiger partial charge in [0.2, 0.25) is 0 Å². The van der Waals surface area contributed by atoms with Crippen LogP contribution in [0.3, 0.4) is 0 Å². The van der Waals surface area contributed by atoms with E-state index in [0.29, 0.717) is 13.0 Å². The van der Waals surface area contributed by atoms with Crippen LogP contribution in [0.5, 0.6) is 0 Å². The van der Waals surface area contributed by atoms with Crippen LogP contribution in [0.25, 0.3) is 0 Å². The molecule has 2 N–H and O–H groups in total. The Labute approximate surface area is 295 Å². The van der Waals surface area contributed by atoms with Crippen molar-refractivity contribution in [1.29, 1.82) is 0 Å². The smallest absolute Gasteiger partial charge is 0.306 e. The monoisotopic (exact) mass is 706 g/mol. The van der Waals surface area contributed by atoms with Gasteiger partial charge in [-0.1, -0.05) is 168 Å². The van der Waals surface area contributed by atoms with Crippen molar-refractivity contribution in [1.82, 2.24) is 0 Å². The Balaban J connectivity index is 4.24. The van der Waals surface area contributed by atoms with E-state index in [4.69, 9.17) is 18.5 Å². The van der Waals surface area contributed by atoms with E-state index in [-0.39, 0.29) is 32.0 Å². The summed E-state index contributed by atoms with van der Waals surface area (Å²) in [6, 6.07) is 0. The molecular weight excluding hydrogens is 629 g/mol. The maximum atomic E-state index is 12.5. The van der Waals surface area contributed by atoms with Crippen LogP contribution in [-0.2, 0) is 32.7 Å². The summed E-state index contributed by atoms with van der Waals surface area (Å²) in [5.41, 5.74) is 0. The Hall–Kier alpha value is -0.990. The zero-order valence-corrected chi connectivity index (χ0v) is 32.4. The molecule has 0 aliphatic carbocycles. The molecular formula is C38H76NO8P. The zero-order chi connectivity index (χ0) is 35.4. The minimum atomic E-state index is -4.56. The molecule has 0 radical (unpaired) electrons. The third-order valence-corrected chi connectivity index (χ3v) is 9.74. The lowest BCUT2D eigenvalue weighted by Crippen LogP contribution is -2.80. The summed E-state index contributed by atoms with van der Waals surface area (Å²) in [6.45, 7) is 4.24. The van der Waals surface area contributed by atoms with Gasteiger partial charge < -0.3 is 28.7 Å². The van der Waals surface area contributed by atoms with Crippen LogP contribution >= 0.6 is 7.82 Å². The molecule has 0 saturated carbocycles. The molecule has 0 aromatic carbocycles. The largest absolute Gasteiger partial charge is 0.756 e. The number of hydrogen-bond acceptors (Lipinski definition) is 8. The molecule has 10 heteroatoms. The third-order valence-electron chi connectivity index (χ3n) is 8.77. The van der Waals surface area contributed by atoms with Gasteiger partial charge in [0.25, 0.3) is 7.82 Å². The number of ether oxygens (including phenoxy) is 2. The van der Waals surface area contributed by atoms with Crippen LogP contribution in [-0.4, -0.2) is 51.5 Å². The molecule has 0 spiro atoms. The zero-order valence-electron chi connectivity index (χ0n) is 31.5. The van der Waals surface area contributed by atoms with E-state index in [1.807, 2.05) is 0 Å². The first-order valence-corrected chi connectivity index (χ1v) is 21.5. The highest BCUT2D eigenvalue weighted by atomic mass is 31.2. The van der Waals surface area contributed by atoms with E-state index in [2.05, 4.69) is 13.8 Å². The summed E-state index contributed by atoms with van der Waals surface area (Å²) in [6.07, 6.45) is 31.2. The molecule has 0 saturated heterocycles. The lowest BCUT2D eigenvalue weighted by molar-refractivity contribution is -0.627. The molecule has 0 aromatic rings. The highest BCUT2D eigenvalue weighted by molar-refractivity contribution is 7.45. The average molecular weight is 706 g/mol. The van der Waals surface area contributed by atoms with Crippen LogP contribution in [0.4, 0.5) is 0 Å². The normalized spacial score (nSPS) is 13.3. The summed E-state index contributed by atoms with van der Waals surface area (Å²) >= 11 is 0. The van der Waals surface area contributed by atoms with E-state index in [1.54, 1.807) is 12.4 Å². The molecule has 0 amide bonds. The summed E-state index contributed by atoms with van der Waals surface area (Å²) in [7, 11) is -2.76. The second-order valence-corrected chi connectivity index (χ2v) is 15.0. The number of carbonyl (C=O) groups excluding carboxylic acids is 2. The molecule has 0 aliphatic rings. The van der Waals surface area contributed by atoms with Gasteiger partial charge in [0, 0.05) is 12.8 Å². The summed E-state index contributed by atoms with van der Waals surface area (Å²) in [5, 5.41) is 1.79. The standard InChI is InChI=1S/C38H76NO8P/c1-4-6-8-10-12-14-16-18-20-22-24-26-28-30-37(40)44-34-36(35-46-48(42,43)45-33-32-39-3)47-38(41)31-29-27-25-23-21-19-17-15-13-11-9-7-5-2/h36,39H,4-35H2,1-3H3,(H,42,43). The predicted octanol–water partition coefficient (Wildman–Crippen LogP) is 9.10. The fourth-order valence-electron chi connectivity index (χ4n) is 5.69. The number of esters is 2. The van der Waals surface area contributed by atoms with Crippen LogP contribution in [0, 0.1) is 0 Å². The number of phosphoric acid groups is 1. The van der Waals surface area contributed by atoms with Gasteiger partial charge in [0.05, 0.1) is 20.2 Å². The first kappa shape index (κ1) is 47.0. The first-order chi connectivity index (χ1) is 23.3. The number of likely N-dealkylation sites (N-methyl/N-ethyl adjacent to an activating group) is 1. The van der Waals surface area contributed by atoms with Gasteiger partial charge in [-0.15, -0.1) is 0 Å². The second-order valence-electron chi connectivity index (χ2n) is 13.6. The maximum absolute atomic E-state index is 12.5. The number of carbonyl (C=O) groups is 2. The van der Waals surface area contributed by atoms with Crippen molar-refractivity contribution in [3.63, 3.8) is 0 Å². The summed E-state index contributed by atoms with van der Waals surface area (Å²) in [4.78, 5) is 37.0. The number of nitrogens with two attached hydrogens (primary N) is 1. The Morgan fingerprint density at radius 1 is 0.562 bits per heavy atom. The number of quaternary nitrogens is 1. The fraction of sp³-hybridized carbons (Fsp3) is 0.947. The Kier molecular flexibility index (Phi) is 35.1. The molecule has 0 bridgehead atoms. The Bertz CT molecular complexity index is 769. The van der Waals surface area contributed by atoms with Crippen molar-refractivity contribution in [2.24, 2.45) is 0 Å². The molecule has 9 nitrogen and oxygen atoms in total. The summed E-state index contributed by atoms with van der Waals surface area (Å²) < 4.78 is 32.8. The highest BCUT2D eigenvalue weighted by Gasteiger charge is 2.21. The van der Waals surface area contributed by atoms with Gasteiger partial charge >= 0.3 is 11.9 Å².